The van der Waals surface area contributed by atoms with Gasteiger partial charge in [0.1, 0.15) is 0 Å². The predicted molar refractivity (Wildman–Crippen MR) is 191 cm³/mol. The topological polar surface area (TPSA) is 22.8 Å². The van der Waals surface area contributed by atoms with E-state index in [2.05, 4.69) is 149 Å². The number of hydrogen-bond donors (Lipinski definition) is 0. The number of thiophene rings is 1. The van der Waals surface area contributed by atoms with Gasteiger partial charge in [0.2, 0.25) is 0 Å². The van der Waals surface area contributed by atoms with Crippen molar-refractivity contribution in [3.05, 3.63) is 152 Å². The minimum atomic E-state index is 1.02. The molecule has 0 saturated carbocycles. The molecule has 45 heavy (non-hydrogen) atoms. The Labute approximate surface area is 262 Å². The van der Waals surface area contributed by atoms with E-state index in [4.69, 9.17) is 4.98 Å². The quantitative estimate of drug-likeness (QED) is 0.200. The highest BCUT2D eigenvalue weighted by Crippen LogP contribution is 2.41. The van der Waals surface area contributed by atoms with Crippen molar-refractivity contribution in [2.45, 2.75) is 0 Å². The van der Waals surface area contributed by atoms with Gasteiger partial charge in [-0.3, -0.25) is 4.98 Å². The highest BCUT2D eigenvalue weighted by molar-refractivity contribution is 7.26. The summed E-state index contributed by atoms with van der Waals surface area (Å²) in [6.45, 7) is 0. The van der Waals surface area contributed by atoms with Crippen LogP contribution < -0.4 is 0 Å². The van der Waals surface area contributed by atoms with E-state index >= 15 is 0 Å². The van der Waals surface area contributed by atoms with Crippen molar-refractivity contribution in [1.29, 1.82) is 0 Å². The van der Waals surface area contributed by atoms with E-state index < -0.39 is 0 Å². The van der Waals surface area contributed by atoms with Gasteiger partial charge in [0, 0.05) is 43.5 Å². The molecule has 4 aromatic heterocycles. The number of hydrogen-bond acceptors (Lipinski definition) is 2. The average molecular weight is 592 g/mol. The van der Waals surface area contributed by atoms with Gasteiger partial charge in [-0.2, -0.15) is 0 Å². The van der Waals surface area contributed by atoms with Gasteiger partial charge in [-0.25, -0.2) is 0 Å². The lowest BCUT2D eigenvalue weighted by Crippen LogP contribution is -1.94. The lowest BCUT2D eigenvalue weighted by molar-refractivity contribution is 1.18. The summed E-state index contributed by atoms with van der Waals surface area (Å²) in [5.74, 6) is 0. The highest BCUT2D eigenvalue weighted by Gasteiger charge is 2.18. The summed E-state index contributed by atoms with van der Waals surface area (Å²) in [5.41, 5.74) is 10.5. The Hall–Kier alpha value is -5.71. The molecule has 0 aliphatic carbocycles. The maximum atomic E-state index is 4.92. The molecule has 4 heterocycles. The molecule has 3 nitrogen and oxygen atoms in total. The minimum Gasteiger partial charge on any atom is -0.309 e. The average Bonchev–Trinajstić information content (AvgIpc) is 3.76. The molecule has 0 unspecified atom stereocenters. The van der Waals surface area contributed by atoms with Gasteiger partial charge in [0.15, 0.2) is 0 Å². The van der Waals surface area contributed by atoms with Crippen molar-refractivity contribution in [1.82, 2.24) is 14.1 Å². The summed E-state index contributed by atoms with van der Waals surface area (Å²) >= 11 is 1.86. The highest BCUT2D eigenvalue weighted by atomic mass is 32.1. The number of rotatable bonds is 3. The molecular formula is C41H25N3S. The molecule has 0 N–H and O–H groups in total. The molecule has 10 rings (SSSR count). The number of nitrogens with zero attached hydrogens (tertiary/aromatic N) is 3. The smallest absolute Gasteiger partial charge is 0.0963 e. The Morgan fingerprint density at radius 3 is 1.98 bits per heavy atom. The van der Waals surface area contributed by atoms with E-state index in [1.165, 1.54) is 70.0 Å². The molecule has 210 valence electrons. The van der Waals surface area contributed by atoms with E-state index in [-0.39, 0.29) is 0 Å². The van der Waals surface area contributed by atoms with E-state index in [1.807, 2.05) is 23.6 Å². The number of aromatic nitrogens is 3. The van der Waals surface area contributed by atoms with Gasteiger partial charge in [-0.05, 0) is 77.9 Å². The van der Waals surface area contributed by atoms with Crippen LogP contribution in [0.1, 0.15) is 0 Å². The van der Waals surface area contributed by atoms with Gasteiger partial charge in [0.05, 0.1) is 38.0 Å². The van der Waals surface area contributed by atoms with Crippen LogP contribution in [0.5, 0.6) is 0 Å². The molecule has 0 atom stereocenters. The van der Waals surface area contributed by atoms with Gasteiger partial charge in [-0.1, -0.05) is 78.9 Å². The molecule has 0 radical (unpaired) electrons. The van der Waals surface area contributed by atoms with Crippen LogP contribution in [0.25, 0.3) is 86.4 Å². The lowest BCUT2D eigenvalue weighted by Gasteiger charge is -2.10. The first kappa shape index (κ1) is 24.7. The van der Waals surface area contributed by atoms with E-state index in [0.29, 0.717) is 0 Å². The zero-order valence-corrected chi connectivity index (χ0v) is 25.0. The first-order chi connectivity index (χ1) is 22.3. The zero-order chi connectivity index (χ0) is 29.5. The third-order valence-corrected chi connectivity index (χ3v) is 10.4. The summed E-state index contributed by atoms with van der Waals surface area (Å²) < 4.78 is 7.37. The second kappa shape index (κ2) is 9.39. The number of benzene rings is 6. The van der Waals surface area contributed by atoms with Crippen LogP contribution in [0.4, 0.5) is 0 Å². The summed E-state index contributed by atoms with van der Waals surface area (Å²) in [5, 5.41) is 6.28. The van der Waals surface area contributed by atoms with Gasteiger partial charge < -0.3 is 9.13 Å². The Bertz CT molecular complexity index is 2760. The second-order valence-electron chi connectivity index (χ2n) is 11.6. The fourth-order valence-corrected chi connectivity index (χ4v) is 8.40. The summed E-state index contributed by atoms with van der Waals surface area (Å²) in [6.07, 6.45) is 1.91. The van der Waals surface area contributed by atoms with Crippen molar-refractivity contribution in [2.75, 3.05) is 0 Å². The van der Waals surface area contributed by atoms with Gasteiger partial charge in [0.25, 0.3) is 0 Å². The molecule has 0 spiro atoms. The predicted octanol–water partition coefficient (Wildman–Crippen LogP) is 11.3. The summed E-state index contributed by atoms with van der Waals surface area (Å²) in [6, 6.07) is 52.7. The van der Waals surface area contributed by atoms with E-state index in [9.17, 15) is 0 Å². The van der Waals surface area contributed by atoms with Crippen LogP contribution in [0.15, 0.2) is 152 Å². The largest absolute Gasteiger partial charge is 0.309 e. The summed E-state index contributed by atoms with van der Waals surface area (Å²) in [4.78, 5) is 4.92. The Morgan fingerprint density at radius 1 is 0.444 bits per heavy atom. The molecule has 4 heteroatoms. The summed E-state index contributed by atoms with van der Waals surface area (Å²) in [7, 11) is 0. The maximum Gasteiger partial charge on any atom is 0.0963 e. The molecule has 0 aliphatic heterocycles. The molecule has 6 aromatic carbocycles. The standard InChI is InChI=1S/C41H25N3S/c1-2-10-28(11-3-1)43-34-15-6-4-12-29(34)32-24-26(19-21-35(32)43)27-20-22-36-33(25-27)40-37(17-9-23-42-40)44(36)38-16-8-14-31-30-13-5-7-18-39(30)45-41(31)38/h1-25H. The molecule has 0 amide bonds. The van der Waals surface area contributed by atoms with Gasteiger partial charge >= 0.3 is 0 Å². The monoisotopic (exact) mass is 591 g/mol. The second-order valence-corrected chi connectivity index (χ2v) is 12.7. The number of para-hydroxylation sites is 2. The van der Waals surface area contributed by atoms with Crippen LogP contribution in [0.2, 0.25) is 0 Å². The fourth-order valence-electron chi connectivity index (χ4n) is 7.19. The first-order valence-corrected chi connectivity index (χ1v) is 16.0. The Morgan fingerprint density at radius 2 is 1.11 bits per heavy atom. The van der Waals surface area contributed by atoms with Gasteiger partial charge in [-0.15, -0.1) is 11.3 Å². The third-order valence-electron chi connectivity index (χ3n) is 9.16. The molecule has 0 saturated heterocycles. The van der Waals surface area contributed by atoms with Crippen LogP contribution in [0, 0.1) is 0 Å². The minimum absolute atomic E-state index is 1.02. The fraction of sp³-hybridized carbons (Fsp3) is 0. The van der Waals surface area contributed by atoms with Crippen molar-refractivity contribution >= 4 is 75.3 Å². The van der Waals surface area contributed by atoms with Crippen molar-refractivity contribution in [3.8, 4) is 22.5 Å². The zero-order valence-electron chi connectivity index (χ0n) is 24.2. The molecule has 0 bridgehead atoms. The van der Waals surface area contributed by atoms with Crippen LogP contribution >= 0.6 is 11.3 Å². The van der Waals surface area contributed by atoms with E-state index in [0.717, 1.165) is 16.4 Å². The number of pyridine rings is 1. The van der Waals surface area contributed by atoms with Crippen LogP contribution in [0.3, 0.4) is 0 Å². The molecule has 10 aromatic rings. The van der Waals surface area contributed by atoms with Crippen molar-refractivity contribution in [3.63, 3.8) is 0 Å². The molecule has 0 fully saturated rings. The lowest BCUT2D eigenvalue weighted by atomic mass is 10.0. The third kappa shape index (κ3) is 3.54. The number of fused-ring (bicyclic) bond motifs is 9. The maximum absolute atomic E-state index is 4.92. The van der Waals surface area contributed by atoms with Crippen molar-refractivity contribution < 1.29 is 0 Å². The Kier molecular flexibility index (Phi) is 5.16. The normalized spacial score (nSPS) is 12.0. The van der Waals surface area contributed by atoms with E-state index in [1.54, 1.807) is 0 Å². The first-order valence-electron chi connectivity index (χ1n) is 15.2. The Balaban J connectivity index is 1.20. The SMILES string of the molecule is c1ccc(-n2c3ccccc3c3cc(-c4ccc5c(c4)c4ncccc4n5-c4cccc5c4sc4ccccc45)ccc32)cc1. The molecular weight excluding hydrogens is 567 g/mol. The van der Waals surface area contributed by atoms with Crippen LogP contribution in [-0.2, 0) is 0 Å². The van der Waals surface area contributed by atoms with Crippen molar-refractivity contribution in [2.24, 2.45) is 0 Å². The van der Waals surface area contributed by atoms with Crippen LogP contribution in [-0.4, -0.2) is 14.1 Å². The molecule has 0 aliphatic rings.